The van der Waals surface area contributed by atoms with Gasteiger partial charge in [-0.2, -0.15) is 22.7 Å². The Bertz CT molecular complexity index is 645. The van der Waals surface area contributed by atoms with Crippen molar-refractivity contribution in [2.24, 2.45) is 0 Å². The average molecular weight is 304 g/mol. The first-order chi connectivity index (χ1) is 9.24. The predicted octanol–water partition coefficient (Wildman–Crippen LogP) is 2.27. The Morgan fingerprint density at radius 2 is 2.00 bits per heavy atom. The summed E-state index contributed by atoms with van der Waals surface area (Å²) in [5.41, 5.74) is 0.0915. The Labute approximate surface area is 114 Å². The van der Waals surface area contributed by atoms with Crippen LogP contribution in [0.5, 0.6) is 0 Å². The van der Waals surface area contributed by atoms with Crippen molar-refractivity contribution in [3.8, 4) is 6.07 Å². The van der Waals surface area contributed by atoms with Crippen molar-refractivity contribution in [1.29, 1.82) is 5.26 Å². The van der Waals surface area contributed by atoms with E-state index in [9.17, 15) is 21.6 Å². The second-order valence-corrected chi connectivity index (χ2v) is 6.43. The fourth-order valence-electron chi connectivity index (χ4n) is 1.81. The highest BCUT2D eigenvalue weighted by Crippen LogP contribution is 2.34. The van der Waals surface area contributed by atoms with Crippen LogP contribution in [-0.2, 0) is 10.0 Å². The standard InChI is InChI=1S/C12H11F3N2O2S/c13-12(14,15)8-17(10-4-5-10)20(18,19)11-3-1-2-9(6-11)7-16/h1-3,6,10H,4-5,8H2. The Hall–Kier alpha value is -1.59. The third-order valence-electron chi connectivity index (χ3n) is 2.86. The van der Waals surface area contributed by atoms with Crippen LogP contribution in [0.25, 0.3) is 0 Å². The third-order valence-corrected chi connectivity index (χ3v) is 4.75. The van der Waals surface area contributed by atoms with Crippen LogP contribution >= 0.6 is 0 Å². The van der Waals surface area contributed by atoms with Gasteiger partial charge in [-0.3, -0.25) is 0 Å². The van der Waals surface area contributed by atoms with Gasteiger partial charge in [0.05, 0.1) is 16.5 Å². The van der Waals surface area contributed by atoms with Crippen molar-refractivity contribution in [2.75, 3.05) is 6.54 Å². The Kier molecular flexibility index (Phi) is 3.75. The molecule has 1 aliphatic carbocycles. The molecule has 20 heavy (non-hydrogen) atoms. The van der Waals surface area contributed by atoms with Gasteiger partial charge >= 0.3 is 6.18 Å². The third kappa shape index (κ3) is 3.29. The molecular formula is C12H11F3N2O2S. The molecule has 0 spiro atoms. The Morgan fingerprint density at radius 3 is 2.50 bits per heavy atom. The van der Waals surface area contributed by atoms with Gasteiger partial charge in [-0.05, 0) is 31.0 Å². The molecule has 8 heteroatoms. The molecule has 1 aliphatic rings. The van der Waals surface area contributed by atoms with Gasteiger partial charge in [-0.15, -0.1) is 0 Å². The molecule has 1 aromatic rings. The quantitative estimate of drug-likeness (QED) is 0.857. The van der Waals surface area contributed by atoms with Crippen LogP contribution in [0.2, 0.25) is 0 Å². The zero-order valence-corrected chi connectivity index (χ0v) is 11.1. The minimum absolute atomic E-state index is 0.0915. The summed E-state index contributed by atoms with van der Waals surface area (Å²) in [7, 11) is -4.24. The second-order valence-electron chi connectivity index (χ2n) is 4.54. The highest BCUT2D eigenvalue weighted by atomic mass is 32.2. The van der Waals surface area contributed by atoms with Crippen LogP contribution < -0.4 is 0 Å². The highest BCUT2D eigenvalue weighted by molar-refractivity contribution is 7.89. The molecule has 0 unspecified atom stereocenters. The molecule has 0 amide bonds. The van der Waals surface area contributed by atoms with E-state index in [0.29, 0.717) is 17.1 Å². The Balaban J connectivity index is 2.38. The van der Waals surface area contributed by atoms with E-state index < -0.39 is 28.8 Å². The molecule has 0 aliphatic heterocycles. The summed E-state index contributed by atoms with van der Waals surface area (Å²) in [5, 5.41) is 8.74. The molecule has 4 nitrogen and oxygen atoms in total. The first kappa shape index (κ1) is 14.8. The second kappa shape index (κ2) is 5.07. The number of rotatable bonds is 4. The summed E-state index contributed by atoms with van der Waals surface area (Å²) in [6.07, 6.45) is -3.75. The summed E-state index contributed by atoms with van der Waals surface area (Å²) < 4.78 is 62.6. The van der Waals surface area contributed by atoms with E-state index in [4.69, 9.17) is 5.26 Å². The van der Waals surface area contributed by atoms with Crippen LogP contribution in [0.15, 0.2) is 29.2 Å². The number of nitriles is 1. The Morgan fingerprint density at radius 1 is 1.35 bits per heavy atom. The molecule has 0 atom stereocenters. The molecule has 1 aromatic carbocycles. The van der Waals surface area contributed by atoms with Crippen LogP contribution in [-0.4, -0.2) is 31.5 Å². The first-order valence-corrected chi connectivity index (χ1v) is 7.27. The van der Waals surface area contributed by atoms with Crippen LogP contribution in [0.4, 0.5) is 13.2 Å². The van der Waals surface area contributed by atoms with Crippen molar-refractivity contribution in [1.82, 2.24) is 4.31 Å². The number of halogens is 3. The van der Waals surface area contributed by atoms with E-state index in [-0.39, 0.29) is 10.5 Å². The van der Waals surface area contributed by atoms with Crippen molar-refractivity contribution >= 4 is 10.0 Å². The van der Waals surface area contributed by atoms with Crippen molar-refractivity contribution < 1.29 is 21.6 Å². The lowest BCUT2D eigenvalue weighted by atomic mass is 10.2. The van der Waals surface area contributed by atoms with Crippen LogP contribution in [0.3, 0.4) is 0 Å². The summed E-state index contributed by atoms with van der Waals surface area (Å²) in [4.78, 5) is -0.285. The highest BCUT2D eigenvalue weighted by Gasteiger charge is 2.44. The molecular weight excluding hydrogens is 293 g/mol. The molecule has 2 rings (SSSR count). The fourth-order valence-corrected chi connectivity index (χ4v) is 3.53. The summed E-state index contributed by atoms with van der Waals surface area (Å²) >= 11 is 0. The van der Waals surface area contributed by atoms with Crippen molar-refractivity contribution in [3.05, 3.63) is 29.8 Å². The van der Waals surface area contributed by atoms with E-state index in [1.807, 2.05) is 0 Å². The number of hydrogen-bond donors (Lipinski definition) is 0. The zero-order valence-electron chi connectivity index (χ0n) is 10.3. The average Bonchev–Trinajstić information content (AvgIpc) is 3.19. The molecule has 0 saturated heterocycles. The number of nitrogens with zero attached hydrogens (tertiary/aromatic N) is 2. The smallest absolute Gasteiger partial charge is 0.207 e. The molecule has 108 valence electrons. The zero-order chi connectivity index (χ0) is 15.0. The molecule has 0 bridgehead atoms. The van der Waals surface area contributed by atoms with Gasteiger partial charge in [0.2, 0.25) is 10.0 Å². The lowest BCUT2D eigenvalue weighted by Crippen LogP contribution is -2.40. The molecule has 0 aromatic heterocycles. The molecule has 0 radical (unpaired) electrons. The summed E-state index contributed by atoms with van der Waals surface area (Å²) in [5.74, 6) is 0. The summed E-state index contributed by atoms with van der Waals surface area (Å²) in [6.45, 7) is -1.50. The van der Waals surface area contributed by atoms with E-state index in [1.54, 1.807) is 6.07 Å². The maximum Gasteiger partial charge on any atom is 0.402 e. The normalized spacial score (nSPS) is 16.1. The van der Waals surface area contributed by atoms with Crippen LogP contribution in [0, 0.1) is 11.3 Å². The van der Waals surface area contributed by atoms with Gasteiger partial charge in [-0.25, -0.2) is 8.42 Å². The molecule has 0 heterocycles. The molecule has 1 fully saturated rings. The maximum absolute atomic E-state index is 12.5. The van der Waals surface area contributed by atoms with Gasteiger partial charge in [0, 0.05) is 6.04 Å². The molecule has 1 saturated carbocycles. The van der Waals surface area contributed by atoms with E-state index >= 15 is 0 Å². The number of alkyl halides is 3. The van der Waals surface area contributed by atoms with Crippen molar-refractivity contribution in [2.45, 2.75) is 30.0 Å². The predicted molar refractivity (Wildman–Crippen MR) is 64.1 cm³/mol. The SMILES string of the molecule is N#Cc1cccc(S(=O)(=O)N(CC(F)(F)F)C2CC2)c1. The first-order valence-electron chi connectivity index (χ1n) is 5.83. The largest absolute Gasteiger partial charge is 0.402 e. The minimum atomic E-state index is -4.59. The van der Waals surface area contributed by atoms with E-state index in [1.165, 1.54) is 18.2 Å². The van der Waals surface area contributed by atoms with Gasteiger partial charge in [0.25, 0.3) is 0 Å². The van der Waals surface area contributed by atoms with Gasteiger partial charge in [0.1, 0.15) is 6.54 Å². The monoisotopic (exact) mass is 304 g/mol. The summed E-state index contributed by atoms with van der Waals surface area (Å²) in [6, 6.07) is 6.17. The maximum atomic E-state index is 12.5. The lowest BCUT2D eigenvalue weighted by molar-refractivity contribution is -0.137. The van der Waals surface area contributed by atoms with E-state index in [2.05, 4.69) is 0 Å². The fraction of sp³-hybridized carbons (Fsp3) is 0.417. The van der Waals surface area contributed by atoms with Gasteiger partial charge < -0.3 is 0 Å². The number of hydrogen-bond acceptors (Lipinski definition) is 3. The van der Waals surface area contributed by atoms with Crippen molar-refractivity contribution in [3.63, 3.8) is 0 Å². The topological polar surface area (TPSA) is 61.2 Å². The number of sulfonamides is 1. The van der Waals surface area contributed by atoms with E-state index in [0.717, 1.165) is 6.07 Å². The molecule has 0 N–H and O–H groups in total. The van der Waals surface area contributed by atoms with Gasteiger partial charge in [0.15, 0.2) is 0 Å². The van der Waals surface area contributed by atoms with Gasteiger partial charge in [-0.1, -0.05) is 6.07 Å². The van der Waals surface area contributed by atoms with Crippen LogP contribution in [0.1, 0.15) is 18.4 Å². The number of benzene rings is 1. The lowest BCUT2D eigenvalue weighted by Gasteiger charge is -2.23. The minimum Gasteiger partial charge on any atom is -0.207 e.